The van der Waals surface area contributed by atoms with Gasteiger partial charge in [-0.1, -0.05) is 12.1 Å². The van der Waals surface area contributed by atoms with Crippen molar-refractivity contribution < 1.29 is 26.7 Å². The quantitative estimate of drug-likeness (QED) is 0.329. The SMILES string of the molecule is C=CC1CCC(c2ccc(OCc3cc(F)c(F)c(F)c3)c(F)c2F)CC1. The van der Waals surface area contributed by atoms with Gasteiger partial charge in [-0.3, -0.25) is 0 Å². The van der Waals surface area contributed by atoms with E-state index in [1.807, 2.05) is 6.08 Å². The highest BCUT2D eigenvalue weighted by Gasteiger charge is 2.25. The fourth-order valence-electron chi connectivity index (χ4n) is 3.49. The van der Waals surface area contributed by atoms with Crippen molar-refractivity contribution in [1.29, 1.82) is 0 Å². The fourth-order valence-corrected chi connectivity index (χ4v) is 3.49. The van der Waals surface area contributed by atoms with E-state index < -0.39 is 35.7 Å². The minimum absolute atomic E-state index is 0.0296. The van der Waals surface area contributed by atoms with Crippen molar-refractivity contribution in [2.45, 2.75) is 38.2 Å². The largest absolute Gasteiger partial charge is 0.486 e. The molecule has 1 aliphatic carbocycles. The first kappa shape index (κ1) is 19.4. The first-order valence-corrected chi connectivity index (χ1v) is 8.77. The van der Waals surface area contributed by atoms with Crippen LogP contribution in [0.15, 0.2) is 36.9 Å². The zero-order valence-corrected chi connectivity index (χ0v) is 14.6. The molecule has 1 fully saturated rings. The Kier molecular flexibility index (Phi) is 5.82. The van der Waals surface area contributed by atoms with Crippen LogP contribution in [0.25, 0.3) is 0 Å². The number of hydrogen-bond acceptors (Lipinski definition) is 1. The summed E-state index contributed by atoms with van der Waals surface area (Å²) in [5.41, 5.74) is 0.277. The van der Waals surface area contributed by atoms with Crippen LogP contribution in [0, 0.1) is 35.0 Å². The molecule has 0 N–H and O–H groups in total. The minimum Gasteiger partial charge on any atom is -0.486 e. The second-order valence-corrected chi connectivity index (χ2v) is 6.79. The molecule has 1 aliphatic rings. The summed E-state index contributed by atoms with van der Waals surface area (Å²) in [6.45, 7) is 3.35. The van der Waals surface area contributed by atoms with Crippen molar-refractivity contribution in [2.24, 2.45) is 5.92 Å². The lowest BCUT2D eigenvalue weighted by Gasteiger charge is -2.27. The summed E-state index contributed by atoms with van der Waals surface area (Å²) in [7, 11) is 0. The van der Waals surface area contributed by atoms with Crippen LogP contribution in [0.1, 0.15) is 42.7 Å². The third-order valence-corrected chi connectivity index (χ3v) is 5.06. The smallest absolute Gasteiger partial charge is 0.200 e. The highest BCUT2D eigenvalue weighted by atomic mass is 19.2. The zero-order valence-electron chi connectivity index (χ0n) is 14.6. The molecule has 0 unspecified atom stereocenters. The summed E-state index contributed by atoms with van der Waals surface area (Å²) in [6, 6.07) is 4.29. The standard InChI is InChI=1S/C21H19F5O/c1-2-12-3-5-14(6-4-12)15-7-8-18(21(26)19(15)24)27-11-13-9-16(22)20(25)17(23)10-13/h2,7-10,12,14H,1,3-6,11H2. The van der Waals surface area contributed by atoms with Gasteiger partial charge in [-0.25, -0.2) is 17.6 Å². The molecule has 0 radical (unpaired) electrons. The molecule has 144 valence electrons. The van der Waals surface area contributed by atoms with E-state index in [-0.39, 0.29) is 17.2 Å². The predicted octanol–water partition coefficient (Wildman–Crippen LogP) is 6.42. The number of benzene rings is 2. The Morgan fingerprint density at radius 3 is 2.11 bits per heavy atom. The van der Waals surface area contributed by atoms with E-state index in [9.17, 15) is 22.0 Å². The van der Waals surface area contributed by atoms with Gasteiger partial charge in [0.1, 0.15) is 6.61 Å². The molecular formula is C21H19F5O. The summed E-state index contributed by atoms with van der Waals surface area (Å²) >= 11 is 0. The summed E-state index contributed by atoms with van der Waals surface area (Å²) in [5.74, 6) is -6.45. The highest BCUT2D eigenvalue weighted by molar-refractivity contribution is 5.34. The normalized spacial score (nSPS) is 19.7. The number of hydrogen-bond donors (Lipinski definition) is 0. The third-order valence-electron chi connectivity index (χ3n) is 5.06. The van der Waals surface area contributed by atoms with Crippen LogP contribution in [-0.2, 0) is 6.61 Å². The highest BCUT2D eigenvalue weighted by Crippen LogP contribution is 2.39. The van der Waals surface area contributed by atoms with Gasteiger partial charge < -0.3 is 4.74 Å². The van der Waals surface area contributed by atoms with Gasteiger partial charge >= 0.3 is 0 Å². The van der Waals surface area contributed by atoms with Gasteiger partial charge in [0, 0.05) is 0 Å². The van der Waals surface area contributed by atoms with Crippen molar-refractivity contribution in [2.75, 3.05) is 0 Å². The molecule has 0 bridgehead atoms. The van der Waals surface area contributed by atoms with Gasteiger partial charge in [-0.05, 0) is 66.8 Å². The zero-order chi connectivity index (χ0) is 19.6. The first-order chi connectivity index (χ1) is 12.9. The van der Waals surface area contributed by atoms with Crippen LogP contribution < -0.4 is 4.74 Å². The van der Waals surface area contributed by atoms with E-state index in [0.29, 0.717) is 11.5 Å². The van der Waals surface area contributed by atoms with E-state index in [0.717, 1.165) is 37.8 Å². The molecule has 0 saturated heterocycles. The Morgan fingerprint density at radius 1 is 0.889 bits per heavy atom. The lowest BCUT2D eigenvalue weighted by molar-refractivity contribution is 0.280. The number of ether oxygens (including phenoxy) is 1. The molecule has 0 spiro atoms. The maximum absolute atomic E-state index is 14.5. The van der Waals surface area contributed by atoms with Crippen molar-refractivity contribution in [1.82, 2.24) is 0 Å². The molecule has 0 atom stereocenters. The molecule has 6 heteroatoms. The molecule has 1 nitrogen and oxygen atoms in total. The lowest BCUT2D eigenvalue weighted by Crippen LogP contribution is -2.13. The fraction of sp³-hybridized carbons (Fsp3) is 0.333. The van der Waals surface area contributed by atoms with Crippen molar-refractivity contribution in [3.05, 3.63) is 77.1 Å². The third kappa shape index (κ3) is 4.15. The van der Waals surface area contributed by atoms with Gasteiger partial charge in [0.15, 0.2) is 29.0 Å². The van der Waals surface area contributed by atoms with Crippen molar-refractivity contribution >= 4 is 0 Å². The van der Waals surface area contributed by atoms with Crippen LogP contribution in [0.5, 0.6) is 5.75 Å². The average molecular weight is 382 g/mol. The van der Waals surface area contributed by atoms with Crippen molar-refractivity contribution in [3.8, 4) is 5.75 Å². The second-order valence-electron chi connectivity index (χ2n) is 6.79. The molecular weight excluding hydrogens is 363 g/mol. The van der Waals surface area contributed by atoms with Crippen LogP contribution in [-0.4, -0.2) is 0 Å². The number of halogens is 5. The molecule has 3 rings (SSSR count). The topological polar surface area (TPSA) is 9.23 Å². The summed E-state index contributed by atoms with van der Waals surface area (Å²) in [4.78, 5) is 0. The van der Waals surface area contributed by atoms with Gasteiger partial charge in [-0.2, -0.15) is 4.39 Å². The molecule has 0 aliphatic heterocycles. The summed E-state index contributed by atoms with van der Waals surface area (Å²) in [5, 5.41) is 0. The van der Waals surface area contributed by atoms with Gasteiger partial charge in [-0.15, -0.1) is 6.58 Å². The molecule has 0 aromatic heterocycles. The molecule has 0 heterocycles. The maximum Gasteiger partial charge on any atom is 0.200 e. The second kappa shape index (κ2) is 8.11. The maximum atomic E-state index is 14.5. The monoisotopic (exact) mass is 382 g/mol. The Labute approximate surface area is 154 Å². The summed E-state index contributed by atoms with van der Waals surface area (Å²) < 4.78 is 73.4. The van der Waals surface area contributed by atoms with Gasteiger partial charge in [0.25, 0.3) is 0 Å². The summed E-state index contributed by atoms with van der Waals surface area (Å²) in [6.07, 6.45) is 5.17. The van der Waals surface area contributed by atoms with Gasteiger partial charge in [0.2, 0.25) is 5.82 Å². The van der Waals surface area contributed by atoms with E-state index >= 15 is 0 Å². The molecule has 1 saturated carbocycles. The molecule has 0 amide bonds. The van der Waals surface area contributed by atoms with Crippen LogP contribution >= 0.6 is 0 Å². The molecule has 2 aromatic rings. The van der Waals surface area contributed by atoms with Crippen LogP contribution in [0.3, 0.4) is 0 Å². The van der Waals surface area contributed by atoms with E-state index in [1.165, 1.54) is 12.1 Å². The number of rotatable bonds is 5. The van der Waals surface area contributed by atoms with Crippen LogP contribution in [0.4, 0.5) is 22.0 Å². The lowest BCUT2D eigenvalue weighted by atomic mass is 9.78. The Hall–Kier alpha value is -2.37. The predicted molar refractivity (Wildman–Crippen MR) is 91.9 cm³/mol. The average Bonchev–Trinajstić information content (AvgIpc) is 2.67. The first-order valence-electron chi connectivity index (χ1n) is 8.77. The Balaban J connectivity index is 1.73. The number of allylic oxidation sites excluding steroid dienone is 1. The van der Waals surface area contributed by atoms with E-state index in [4.69, 9.17) is 4.74 Å². The molecule has 27 heavy (non-hydrogen) atoms. The van der Waals surface area contributed by atoms with Crippen LogP contribution in [0.2, 0.25) is 0 Å². The van der Waals surface area contributed by atoms with E-state index in [1.54, 1.807) is 0 Å². The van der Waals surface area contributed by atoms with E-state index in [2.05, 4.69) is 6.58 Å². The minimum atomic E-state index is -1.59. The Bertz CT molecular complexity index is 818. The Morgan fingerprint density at radius 2 is 1.52 bits per heavy atom. The van der Waals surface area contributed by atoms with Crippen molar-refractivity contribution in [3.63, 3.8) is 0 Å². The molecule has 2 aromatic carbocycles. The van der Waals surface area contributed by atoms with Gasteiger partial charge in [0.05, 0.1) is 0 Å².